The second-order valence-electron chi connectivity index (χ2n) is 12.1. The van der Waals surface area contributed by atoms with Gasteiger partial charge in [0.15, 0.2) is 17.1 Å². The van der Waals surface area contributed by atoms with E-state index in [1.807, 2.05) is 0 Å². The van der Waals surface area contributed by atoms with E-state index in [-0.39, 0.29) is 49.9 Å². The number of cyclic esters (lactones) is 1. The summed E-state index contributed by atoms with van der Waals surface area (Å²) >= 11 is 5.23. The number of esters is 2. The van der Waals surface area contributed by atoms with E-state index in [0.717, 1.165) is 6.08 Å². The highest BCUT2D eigenvalue weighted by Crippen LogP contribution is 2.72. The third kappa shape index (κ3) is 3.19. The summed E-state index contributed by atoms with van der Waals surface area (Å²) in [5, 5.41) is 21.9. The monoisotopic (exact) mass is 552 g/mol. The maximum atomic E-state index is 17.8. The van der Waals surface area contributed by atoms with Crippen LogP contribution in [0.3, 0.4) is 0 Å². The Morgan fingerprint density at radius 3 is 2.53 bits per heavy atom. The van der Waals surface area contributed by atoms with Crippen LogP contribution in [-0.4, -0.2) is 63.1 Å². The molecule has 0 aromatic heterocycles. The molecular formula is C28H34F2O7S. The zero-order chi connectivity index (χ0) is 28.0. The van der Waals surface area contributed by atoms with Crippen molar-refractivity contribution in [3.63, 3.8) is 0 Å². The van der Waals surface area contributed by atoms with Gasteiger partial charge in [-0.15, -0.1) is 0 Å². The molecule has 4 unspecified atom stereocenters. The van der Waals surface area contributed by atoms with Crippen molar-refractivity contribution in [1.82, 2.24) is 0 Å². The van der Waals surface area contributed by atoms with Gasteiger partial charge >= 0.3 is 11.9 Å². The van der Waals surface area contributed by atoms with Gasteiger partial charge in [-0.1, -0.05) is 26.8 Å². The van der Waals surface area contributed by atoms with Crippen LogP contribution >= 0.6 is 12.2 Å². The molecule has 2 N–H and O–H groups in total. The summed E-state index contributed by atoms with van der Waals surface area (Å²) in [4.78, 5) is 37.8. The Hall–Kier alpha value is -2.20. The van der Waals surface area contributed by atoms with Gasteiger partial charge in [0.25, 0.3) is 0 Å². The number of alkyl halides is 2. The quantitative estimate of drug-likeness (QED) is 0.397. The summed E-state index contributed by atoms with van der Waals surface area (Å²) in [6.45, 7) is 6.70. The van der Waals surface area contributed by atoms with E-state index < -0.39 is 80.8 Å². The molecule has 0 bridgehead atoms. The Kier molecular flexibility index (Phi) is 6.23. The minimum absolute atomic E-state index is 0.0286. The minimum atomic E-state index is -2.40. The Balaban J connectivity index is 1.65. The van der Waals surface area contributed by atoms with Gasteiger partial charge in [0, 0.05) is 34.7 Å². The summed E-state index contributed by atoms with van der Waals surface area (Å²) in [5.74, 6) is -4.77. The molecule has 1 saturated heterocycles. The Morgan fingerprint density at radius 1 is 1.26 bits per heavy atom. The molecule has 5 rings (SSSR count). The average molecular weight is 553 g/mol. The van der Waals surface area contributed by atoms with Crippen molar-refractivity contribution in [3.8, 4) is 0 Å². The molecule has 0 radical (unpaired) electrons. The van der Waals surface area contributed by atoms with Crippen LogP contribution in [0, 0.1) is 34.5 Å². The van der Waals surface area contributed by atoms with Crippen molar-refractivity contribution >= 4 is 35.0 Å². The van der Waals surface area contributed by atoms with E-state index in [1.165, 1.54) is 13.0 Å². The SMILES string of the molecule is CCC(=O)OC1(C(O)=S)C(C)C[C@H]2[C@@H]3CC(F)C4=CC(=O)C([C@@H]5CCOC5=O)=C[C@]4(C)[C@]3(F)C(O)C[C@@]21C. The molecule has 0 amide bonds. The van der Waals surface area contributed by atoms with Gasteiger partial charge in [0.2, 0.25) is 5.05 Å². The third-order valence-electron chi connectivity index (χ3n) is 10.5. The lowest BCUT2D eigenvalue weighted by molar-refractivity contribution is -0.222. The molecule has 0 aromatic carbocycles. The summed E-state index contributed by atoms with van der Waals surface area (Å²) in [5.41, 5.74) is -6.93. The number of halogens is 2. The van der Waals surface area contributed by atoms with Crippen LogP contribution in [0.15, 0.2) is 23.3 Å². The fraction of sp³-hybridized carbons (Fsp3) is 0.714. The highest BCUT2D eigenvalue weighted by Gasteiger charge is 2.78. The predicted molar refractivity (Wildman–Crippen MR) is 136 cm³/mol. The van der Waals surface area contributed by atoms with Gasteiger partial charge in [-0.25, -0.2) is 8.78 Å². The predicted octanol–water partition coefficient (Wildman–Crippen LogP) is 4.06. The number of hydrogen-bond donors (Lipinski definition) is 2. The lowest BCUT2D eigenvalue weighted by atomic mass is 9.44. The Morgan fingerprint density at radius 2 is 1.95 bits per heavy atom. The average Bonchev–Trinajstić information content (AvgIpc) is 3.36. The van der Waals surface area contributed by atoms with E-state index in [4.69, 9.17) is 21.7 Å². The van der Waals surface area contributed by atoms with Crippen molar-refractivity contribution < 1.29 is 42.9 Å². The molecule has 0 spiro atoms. The van der Waals surface area contributed by atoms with Crippen molar-refractivity contribution in [2.24, 2.45) is 34.5 Å². The highest BCUT2D eigenvalue weighted by molar-refractivity contribution is 7.80. The minimum Gasteiger partial charge on any atom is -0.499 e. The molecule has 5 aliphatic rings. The molecule has 38 heavy (non-hydrogen) atoms. The highest BCUT2D eigenvalue weighted by atomic mass is 32.1. The van der Waals surface area contributed by atoms with Crippen LogP contribution in [0.1, 0.15) is 59.8 Å². The molecule has 10 atom stereocenters. The maximum Gasteiger partial charge on any atom is 0.313 e. The van der Waals surface area contributed by atoms with Crippen LogP contribution in [0.2, 0.25) is 0 Å². The zero-order valence-corrected chi connectivity index (χ0v) is 22.8. The van der Waals surface area contributed by atoms with Crippen molar-refractivity contribution in [3.05, 3.63) is 23.3 Å². The third-order valence-corrected chi connectivity index (χ3v) is 10.8. The normalized spacial score (nSPS) is 47.8. The number of rotatable bonds is 4. The Labute approximate surface area is 225 Å². The summed E-state index contributed by atoms with van der Waals surface area (Å²) < 4.78 is 44.6. The van der Waals surface area contributed by atoms with Gasteiger partial charge in [-0.2, -0.15) is 0 Å². The second-order valence-corrected chi connectivity index (χ2v) is 12.5. The van der Waals surface area contributed by atoms with E-state index >= 15 is 8.78 Å². The topological polar surface area (TPSA) is 110 Å². The Bertz CT molecular complexity index is 1180. The van der Waals surface area contributed by atoms with Gasteiger partial charge in [-0.05, 0) is 62.4 Å². The molecule has 4 fully saturated rings. The van der Waals surface area contributed by atoms with E-state index in [0.29, 0.717) is 0 Å². The first-order chi connectivity index (χ1) is 17.7. The lowest BCUT2D eigenvalue weighted by Gasteiger charge is -2.63. The zero-order valence-electron chi connectivity index (χ0n) is 22.0. The molecule has 10 heteroatoms. The summed E-state index contributed by atoms with van der Waals surface area (Å²) in [6, 6.07) is 0. The van der Waals surface area contributed by atoms with Crippen LogP contribution in [-0.2, 0) is 23.9 Å². The summed E-state index contributed by atoms with van der Waals surface area (Å²) in [6.07, 6.45) is -0.833. The largest absolute Gasteiger partial charge is 0.499 e. The summed E-state index contributed by atoms with van der Waals surface area (Å²) in [7, 11) is 0. The number of allylic oxidation sites excluding steroid dienone is 3. The smallest absolute Gasteiger partial charge is 0.313 e. The van der Waals surface area contributed by atoms with Crippen LogP contribution in [0.25, 0.3) is 0 Å². The van der Waals surface area contributed by atoms with Gasteiger partial charge in [0.1, 0.15) is 6.17 Å². The first kappa shape index (κ1) is 27.4. The first-order valence-electron chi connectivity index (χ1n) is 13.3. The number of ketones is 1. The first-order valence-corrected chi connectivity index (χ1v) is 13.7. The standard InChI is InChI=1S/C28H34F2O7S/c1-5-22(33)37-28(24(35)38)13(2)8-16-17-9-19(29)18-10-20(31)15(14-6-7-36-23(14)34)11-25(18,3)27(17,30)21(32)12-26(16,28)4/h10-11,13-14,16-17,19,21,32H,5-9,12H2,1-4H3,(H,35,38)/t13?,14-,16-,17-,19?,21?,25-,26-,27+,28?/m0/s1. The maximum absolute atomic E-state index is 17.8. The molecule has 1 heterocycles. The van der Waals surface area contributed by atoms with Gasteiger partial charge in [0.05, 0.1) is 18.6 Å². The van der Waals surface area contributed by atoms with Crippen molar-refractivity contribution in [2.75, 3.05) is 6.61 Å². The number of aliphatic hydroxyl groups is 2. The van der Waals surface area contributed by atoms with Crippen LogP contribution < -0.4 is 0 Å². The van der Waals surface area contributed by atoms with E-state index in [9.17, 15) is 24.6 Å². The molecule has 4 aliphatic carbocycles. The fourth-order valence-electron chi connectivity index (χ4n) is 8.67. The van der Waals surface area contributed by atoms with Crippen molar-refractivity contribution in [1.29, 1.82) is 0 Å². The molecule has 1 aliphatic heterocycles. The molecule has 208 valence electrons. The fourth-order valence-corrected chi connectivity index (χ4v) is 9.15. The van der Waals surface area contributed by atoms with Crippen LogP contribution in [0.5, 0.6) is 0 Å². The van der Waals surface area contributed by atoms with E-state index in [2.05, 4.69) is 0 Å². The van der Waals surface area contributed by atoms with Gasteiger partial charge < -0.3 is 19.7 Å². The number of hydrogen-bond acceptors (Lipinski definition) is 7. The molecule has 3 saturated carbocycles. The number of fused-ring (bicyclic) bond motifs is 5. The number of thiocarbonyl (C=S) groups is 1. The van der Waals surface area contributed by atoms with E-state index in [1.54, 1.807) is 20.8 Å². The number of aliphatic hydroxyl groups excluding tert-OH is 2. The van der Waals surface area contributed by atoms with Crippen LogP contribution in [0.4, 0.5) is 8.78 Å². The molecule has 0 aromatic rings. The molecule has 7 nitrogen and oxygen atoms in total. The van der Waals surface area contributed by atoms with Gasteiger partial charge in [-0.3, -0.25) is 14.4 Å². The lowest BCUT2D eigenvalue weighted by Crippen LogP contribution is -2.71. The molecular weight excluding hydrogens is 518 g/mol. The number of carbonyl (C=O) groups excluding carboxylic acids is 3. The second kappa shape index (κ2) is 8.65. The number of carbonyl (C=O) groups is 3. The number of ether oxygens (including phenoxy) is 2. The van der Waals surface area contributed by atoms with Crippen molar-refractivity contribution in [2.45, 2.75) is 83.3 Å².